The van der Waals surface area contributed by atoms with Crippen molar-refractivity contribution in [2.45, 2.75) is 31.7 Å². The van der Waals surface area contributed by atoms with Crippen LogP contribution in [0.4, 0.5) is 0 Å². The highest BCUT2D eigenvalue weighted by Gasteiger charge is 2.26. The standard InChI is InChI=1S/C9H15N5O2/c10-14-12-6-2-1-5-11-9(16)7-3-4-8(15)13-7/h7H,1-6H2,(H,11,16)(H,13,15). The first-order chi connectivity index (χ1) is 7.74. The van der Waals surface area contributed by atoms with E-state index in [2.05, 4.69) is 20.7 Å². The Morgan fingerprint density at radius 2 is 2.44 bits per heavy atom. The second kappa shape index (κ2) is 6.68. The van der Waals surface area contributed by atoms with Gasteiger partial charge in [-0.1, -0.05) is 5.11 Å². The number of azide groups is 1. The first-order valence-corrected chi connectivity index (χ1v) is 5.32. The molecule has 1 saturated heterocycles. The molecule has 1 unspecified atom stereocenters. The lowest BCUT2D eigenvalue weighted by Gasteiger charge is -2.10. The SMILES string of the molecule is [N-]=[N+]=NCCCCNC(=O)C1CCC(=O)N1. The average Bonchev–Trinajstić information content (AvgIpc) is 2.70. The fraction of sp³-hybridized carbons (Fsp3) is 0.778. The lowest BCUT2D eigenvalue weighted by atomic mass is 10.2. The van der Waals surface area contributed by atoms with Crippen LogP contribution in [0.2, 0.25) is 0 Å². The van der Waals surface area contributed by atoms with E-state index in [4.69, 9.17) is 5.53 Å². The van der Waals surface area contributed by atoms with E-state index in [1.807, 2.05) is 0 Å². The summed E-state index contributed by atoms with van der Waals surface area (Å²) in [5, 5.41) is 8.72. The molecule has 0 aliphatic carbocycles. The molecule has 7 nitrogen and oxygen atoms in total. The molecule has 16 heavy (non-hydrogen) atoms. The number of hydrogen-bond donors (Lipinski definition) is 2. The summed E-state index contributed by atoms with van der Waals surface area (Å²) in [6.45, 7) is 0.999. The van der Waals surface area contributed by atoms with Crippen LogP contribution < -0.4 is 10.6 Å². The Bertz CT molecular complexity index is 311. The molecule has 0 spiro atoms. The van der Waals surface area contributed by atoms with Crippen molar-refractivity contribution in [2.24, 2.45) is 5.11 Å². The molecule has 0 aromatic carbocycles. The highest BCUT2D eigenvalue weighted by Crippen LogP contribution is 2.06. The molecule has 88 valence electrons. The van der Waals surface area contributed by atoms with Crippen LogP contribution in [0, 0.1) is 0 Å². The largest absolute Gasteiger partial charge is 0.354 e. The van der Waals surface area contributed by atoms with Gasteiger partial charge in [0.25, 0.3) is 0 Å². The van der Waals surface area contributed by atoms with Crippen molar-refractivity contribution in [3.8, 4) is 0 Å². The molecule has 1 rings (SSSR count). The minimum Gasteiger partial charge on any atom is -0.354 e. The van der Waals surface area contributed by atoms with Crippen LogP contribution in [0.15, 0.2) is 5.11 Å². The molecular weight excluding hydrogens is 210 g/mol. The van der Waals surface area contributed by atoms with Gasteiger partial charge in [-0.25, -0.2) is 0 Å². The number of nitrogens with zero attached hydrogens (tertiary/aromatic N) is 3. The fourth-order valence-corrected chi connectivity index (χ4v) is 1.50. The highest BCUT2D eigenvalue weighted by atomic mass is 16.2. The van der Waals surface area contributed by atoms with E-state index in [0.29, 0.717) is 25.9 Å². The monoisotopic (exact) mass is 225 g/mol. The van der Waals surface area contributed by atoms with E-state index in [-0.39, 0.29) is 17.9 Å². The van der Waals surface area contributed by atoms with E-state index in [0.717, 1.165) is 12.8 Å². The minimum absolute atomic E-state index is 0.0662. The van der Waals surface area contributed by atoms with Gasteiger partial charge in [0.15, 0.2) is 0 Å². The summed E-state index contributed by atoms with van der Waals surface area (Å²) in [4.78, 5) is 25.0. The van der Waals surface area contributed by atoms with Gasteiger partial charge < -0.3 is 10.6 Å². The summed E-state index contributed by atoms with van der Waals surface area (Å²) in [6, 6.07) is -0.371. The van der Waals surface area contributed by atoms with E-state index in [1.54, 1.807) is 0 Å². The van der Waals surface area contributed by atoms with Gasteiger partial charge in [0.2, 0.25) is 11.8 Å². The third-order valence-electron chi connectivity index (χ3n) is 2.36. The maximum atomic E-state index is 11.5. The number of carbonyl (C=O) groups is 2. The summed E-state index contributed by atoms with van der Waals surface area (Å²) in [5.41, 5.74) is 8.03. The zero-order valence-electron chi connectivity index (χ0n) is 8.98. The first kappa shape index (κ1) is 12.3. The van der Waals surface area contributed by atoms with E-state index < -0.39 is 0 Å². The topological polar surface area (TPSA) is 107 Å². The lowest BCUT2D eigenvalue weighted by molar-refractivity contribution is -0.125. The normalized spacial score (nSPS) is 18.8. The number of rotatable bonds is 6. The Morgan fingerprint density at radius 3 is 3.06 bits per heavy atom. The van der Waals surface area contributed by atoms with Gasteiger partial charge >= 0.3 is 0 Å². The Morgan fingerprint density at radius 1 is 1.62 bits per heavy atom. The molecule has 1 aliphatic heterocycles. The molecule has 1 heterocycles. The summed E-state index contributed by atoms with van der Waals surface area (Å²) in [5.74, 6) is -0.196. The number of nitrogens with one attached hydrogen (secondary N) is 2. The number of amides is 2. The molecule has 0 aromatic heterocycles. The molecule has 1 aliphatic rings. The van der Waals surface area contributed by atoms with Gasteiger partial charge in [-0.15, -0.1) is 0 Å². The Hall–Kier alpha value is -1.75. The van der Waals surface area contributed by atoms with Gasteiger partial charge in [-0.2, -0.15) is 0 Å². The van der Waals surface area contributed by atoms with Crippen molar-refractivity contribution in [1.29, 1.82) is 0 Å². The van der Waals surface area contributed by atoms with Crippen LogP contribution >= 0.6 is 0 Å². The molecule has 0 aromatic rings. The van der Waals surface area contributed by atoms with Crippen molar-refractivity contribution < 1.29 is 9.59 Å². The van der Waals surface area contributed by atoms with Crippen molar-refractivity contribution in [1.82, 2.24) is 10.6 Å². The van der Waals surface area contributed by atoms with Crippen molar-refractivity contribution in [3.05, 3.63) is 10.4 Å². The molecule has 1 fully saturated rings. The van der Waals surface area contributed by atoms with Crippen molar-refractivity contribution in [2.75, 3.05) is 13.1 Å². The highest BCUT2D eigenvalue weighted by molar-refractivity contribution is 5.90. The Balaban J connectivity index is 2.06. The van der Waals surface area contributed by atoms with Gasteiger partial charge in [0, 0.05) is 24.4 Å². The summed E-state index contributed by atoms with van der Waals surface area (Å²) >= 11 is 0. The quantitative estimate of drug-likeness (QED) is 0.296. The zero-order chi connectivity index (χ0) is 11.8. The predicted octanol–water partition coefficient (Wildman–Crippen LogP) is 0.472. The maximum absolute atomic E-state index is 11.5. The molecule has 0 saturated carbocycles. The smallest absolute Gasteiger partial charge is 0.242 e. The maximum Gasteiger partial charge on any atom is 0.242 e. The summed E-state index contributed by atoms with van der Waals surface area (Å²) in [7, 11) is 0. The second-order valence-electron chi connectivity index (χ2n) is 3.61. The summed E-state index contributed by atoms with van der Waals surface area (Å²) < 4.78 is 0. The van der Waals surface area contributed by atoms with Crippen molar-refractivity contribution >= 4 is 11.8 Å². The number of carbonyl (C=O) groups excluding carboxylic acids is 2. The van der Waals surface area contributed by atoms with Crippen LogP contribution in [-0.2, 0) is 9.59 Å². The molecule has 0 bridgehead atoms. The van der Waals surface area contributed by atoms with Gasteiger partial charge in [0.05, 0.1) is 0 Å². The number of hydrogen-bond acceptors (Lipinski definition) is 3. The van der Waals surface area contributed by atoms with Crippen LogP contribution in [0.5, 0.6) is 0 Å². The molecule has 1 atom stereocenters. The molecule has 2 amide bonds. The van der Waals surface area contributed by atoms with E-state index in [1.165, 1.54) is 0 Å². The Labute approximate surface area is 93.2 Å². The first-order valence-electron chi connectivity index (χ1n) is 5.32. The van der Waals surface area contributed by atoms with Gasteiger partial charge in [0.1, 0.15) is 6.04 Å². The van der Waals surface area contributed by atoms with Crippen LogP contribution in [0.3, 0.4) is 0 Å². The van der Waals surface area contributed by atoms with Crippen molar-refractivity contribution in [3.63, 3.8) is 0 Å². The van der Waals surface area contributed by atoms with Crippen LogP contribution in [0.25, 0.3) is 10.4 Å². The average molecular weight is 225 g/mol. The molecular formula is C9H15N5O2. The minimum atomic E-state index is -0.371. The predicted molar refractivity (Wildman–Crippen MR) is 57.4 cm³/mol. The van der Waals surface area contributed by atoms with E-state index in [9.17, 15) is 9.59 Å². The zero-order valence-corrected chi connectivity index (χ0v) is 8.98. The molecule has 0 radical (unpaired) electrons. The van der Waals surface area contributed by atoms with Gasteiger partial charge in [-0.05, 0) is 24.8 Å². The third kappa shape index (κ3) is 4.18. The number of unbranched alkanes of at least 4 members (excludes halogenated alkanes) is 1. The Kier molecular flexibility index (Phi) is 5.15. The van der Waals surface area contributed by atoms with Crippen LogP contribution in [-0.4, -0.2) is 30.9 Å². The molecule has 7 heteroatoms. The third-order valence-corrected chi connectivity index (χ3v) is 2.36. The van der Waals surface area contributed by atoms with Gasteiger partial charge in [-0.3, -0.25) is 9.59 Å². The molecule has 2 N–H and O–H groups in total. The summed E-state index contributed by atoms with van der Waals surface area (Å²) in [6.07, 6.45) is 2.52. The fourth-order valence-electron chi connectivity index (χ4n) is 1.50. The second-order valence-corrected chi connectivity index (χ2v) is 3.61. The lowest BCUT2D eigenvalue weighted by Crippen LogP contribution is -2.41. The van der Waals surface area contributed by atoms with E-state index >= 15 is 0 Å². The van der Waals surface area contributed by atoms with Crippen LogP contribution in [0.1, 0.15) is 25.7 Å².